The summed E-state index contributed by atoms with van der Waals surface area (Å²) in [6.07, 6.45) is 5.01. The standard InChI is InChI=1S/C23H31N3O3S/c27-17-23-7-3-4-10-26(22(28)20-16-30-18-24-20)13-14-29-21-6-2-1-5-19(21)15-25(11-8-23)12-9-23/h1-2,5-6,16,18,27H,3-4,7-15,17H2. The number of para-hydroxylation sites is 1. The Balaban J connectivity index is 1.52. The number of fused-ring (bicyclic) bond motifs is 9. The van der Waals surface area contributed by atoms with E-state index in [4.69, 9.17) is 4.74 Å². The number of thiazole rings is 1. The summed E-state index contributed by atoms with van der Waals surface area (Å²) in [5.41, 5.74) is 3.42. The van der Waals surface area contributed by atoms with Crippen LogP contribution >= 0.6 is 11.3 Å². The first kappa shape index (κ1) is 21.3. The molecule has 1 amide bonds. The SMILES string of the molecule is O=C(c1cscn1)N1CCCCC2(CO)CCN(CC2)Cc2ccccc2OCC1. The van der Waals surface area contributed by atoms with Crippen LogP contribution in [0.5, 0.6) is 5.75 Å². The zero-order chi connectivity index (χ0) is 20.8. The van der Waals surface area contributed by atoms with Gasteiger partial charge in [-0.05, 0) is 50.3 Å². The van der Waals surface area contributed by atoms with Gasteiger partial charge in [-0.1, -0.05) is 24.6 Å². The van der Waals surface area contributed by atoms with Crippen LogP contribution in [0.3, 0.4) is 0 Å². The maximum absolute atomic E-state index is 12.9. The largest absolute Gasteiger partial charge is 0.491 e. The van der Waals surface area contributed by atoms with Crippen molar-refractivity contribution in [2.75, 3.05) is 39.4 Å². The average molecular weight is 430 g/mol. The molecule has 0 atom stereocenters. The number of hydrogen-bond donors (Lipinski definition) is 1. The van der Waals surface area contributed by atoms with Crippen LogP contribution in [0.15, 0.2) is 35.2 Å². The Kier molecular flexibility index (Phi) is 7.02. The summed E-state index contributed by atoms with van der Waals surface area (Å²) in [6.45, 7) is 4.82. The van der Waals surface area contributed by atoms with E-state index in [1.54, 1.807) is 5.51 Å². The molecule has 2 bridgehead atoms. The number of aromatic nitrogens is 1. The van der Waals surface area contributed by atoms with E-state index in [0.29, 0.717) is 25.4 Å². The third-order valence-electron chi connectivity index (χ3n) is 6.56. The number of piperidine rings is 1. The fraction of sp³-hybridized carbons (Fsp3) is 0.565. The molecule has 30 heavy (non-hydrogen) atoms. The highest BCUT2D eigenvalue weighted by Crippen LogP contribution is 2.37. The summed E-state index contributed by atoms with van der Waals surface area (Å²) in [4.78, 5) is 21.4. The van der Waals surface area contributed by atoms with E-state index in [2.05, 4.69) is 22.0 Å². The smallest absolute Gasteiger partial charge is 0.273 e. The Bertz CT molecular complexity index is 819. The molecule has 1 N–H and O–H groups in total. The van der Waals surface area contributed by atoms with Gasteiger partial charge < -0.3 is 14.7 Å². The van der Waals surface area contributed by atoms with E-state index in [-0.39, 0.29) is 17.9 Å². The van der Waals surface area contributed by atoms with Crippen molar-refractivity contribution in [1.82, 2.24) is 14.8 Å². The van der Waals surface area contributed by atoms with Gasteiger partial charge in [0.05, 0.1) is 12.1 Å². The lowest BCUT2D eigenvalue weighted by Crippen LogP contribution is -2.41. The molecular formula is C23H31N3O3S. The quantitative estimate of drug-likeness (QED) is 0.792. The number of ether oxygens (including phenoxy) is 1. The Morgan fingerprint density at radius 1 is 1.13 bits per heavy atom. The Morgan fingerprint density at radius 2 is 1.97 bits per heavy atom. The van der Waals surface area contributed by atoms with E-state index >= 15 is 0 Å². The number of benzene rings is 1. The fourth-order valence-corrected chi connectivity index (χ4v) is 5.08. The highest BCUT2D eigenvalue weighted by molar-refractivity contribution is 7.07. The van der Waals surface area contributed by atoms with E-state index in [9.17, 15) is 9.90 Å². The van der Waals surface area contributed by atoms with Gasteiger partial charge in [0.2, 0.25) is 0 Å². The predicted octanol–water partition coefficient (Wildman–Crippen LogP) is 3.42. The zero-order valence-electron chi connectivity index (χ0n) is 17.5. The summed E-state index contributed by atoms with van der Waals surface area (Å²) >= 11 is 1.44. The number of hydrogen-bond acceptors (Lipinski definition) is 6. The van der Waals surface area contributed by atoms with Crippen LogP contribution in [0.1, 0.15) is 48.2 Å². The van der Waals surface area contributed by atoms with Crippen molar-refractivity contribution in [2.24, 2.45) is 5.41 Å². The minimum atomic E-state index is -0.0265. The Hall–Kier alpha value is -1.96. The van der Waals surface area contributed by atoms with Gasteiger partial charge in [-0.2, -0.15) is 0 Å². The average Bonchev–Trinajstić information content (AvgIpc) is 3.31. The summed E-state index contributed by atoms with van der Waals surface area (Å²) in [5.74, 6) is 0.869. The van der Waals surface area contributed by atoms with Crippen LogP contribution in [-0.4, -0.2) is 65.2 Å². The first-order chi connectivity index (χ1) is 14.7. The second kappa shape index (κ2) is 9.90. The summed E-state index contributed by atoms with van der Waals surface area (Å²) in [5, 5.41) is 11.9. The highest BCUT2D eigenvalue weighted by atomic mass is 32.1. The number of aliphatic hydroxyl groups is 1. The highest BCUT2D eigenvalue weighted by Gasteiger charge is 2.34. The molecule has 0 unspecified atom stereocenters. The molecular weight excluding hydrogens is 398 g/mol. The summed E-state index contributed by atoms with van der Waals surface area (Å²) < 4.78 is 6.13. The maximum atomic E-state index is 12.9. The normalized spacial score (nSPS) is 25.6. The Morgan fingerprint density at radius 3 is 2.73 bits per heavy atom. The molecule has 6 nitrogen and oxygen atoms in total. The molecule has 1 aromatic heterocycles. The molecule has 3 aliphatic heterocycles. The summed E-state index contributed by atoms with van der Waals surface area (Å²) in [7, 11) is 0. The number of aliphatic hydroxyl groups excluding tert-OH is 1. The van der Waals surface area contributed by atoms with Gasteiger partial charge in [-0.15, -0.1) is 11.3 Å². The molecule has 2 aromatic rings. The molecule has 0 spiro atoms. The van der Waals surface area contributed by atoms with Crippen molar-refractivity contribution >= 4 is 17.2 Å². The van der Waals surface area contributed by atoms with Gasteiger partial charge in [0, 0.05) is 30.6 Å². The van der Waals surface area contributed by atoms with Gasteiger partial charge in [0.1, 0.15) is 18.1 Å². The fourth-order valence-electron chi connectivity index (χ4n) is 4.55. The van der Waals surface area contributed by atoms with Crippen LogP contribution in [0.2, 0.25) is 0 Å². The van der Waals surface area contributed by atoms with Crippen molar-refractivity contribution in [2.45, 2.75) is 38.6 Å². The van der Waals surface area contributed by atoms with Crippen molar-refractivity contribution < 1.29 is 14.6 Å². The number of carbonyl (C=O) groups excluding carboxylic acids is 1. The van der Waals surface area contributed by atoms with Crippen LogP contribution in [-0.2, 0) is 6.54 Å². The lowest BCUT2D eigenvalue weighted by molar-refractivity contribution is 0.0319. The van der Waals surface area contributed by atoms with Crippen LogP contribution < -0.4 is 4.74 Å². The first-order valence-corrected chi connectivity index (χ1v) is 11.8. The molecule has 1 fully saturated rings. The number of carbonyl (C=O) groups is 1. The third kappa shape index (κ3) is 5.02. The third-order valence-corrected chi connectivity index (χ3v) is 7.15. The number of nitrogens with zero attached hydrogens (tertiary/aromatic N) is 3. The zero-order valence-corrected chi connectivity index (χ0v) is 18.3. The first-order valence-electron chi connectivity index (χ1n) is 10.9. The minimum Gasteiger partial charge on any atom is -0.491 e. The van der Waals surface area contributed by atoms with Crippen molar-refractivity contribution in [3.8, 4) is 5.75 Å². The second-order valence-corrected chi connectivity index (χ2v) is 9.23. The van der Waals surface area contributed by atoms with Gasteiger partial charge in [0.15, 0.2) is 0 Å². The topological polar surface area (TPSA) is 65.9 Å². The number of amides is 1. The predicted molar refractivity (Wildman–Crippen MR) is 118 cm³/mol. The molecule has 162 valence electrons. The van der Waals surface area contributed by atoms with E-state index in [1.165, 1.54) is 16.9 Å². The van der Waals surface area contributed by atoms with E-state index in [1.807, 2.05) is 22.4 Å². The van der Waals surface area contributed by atoms with Crippen LogP contribution in [0.25, 0.3) is 0 Å². The second-order valence-electron chi connectivity index (χ2n) is 8.51. The molecule has 1 aromatic carbocycles. The Labute approximate surface area is 182 Å². The van der Waals surface area contributed by atoms with Gasteiger partial charge in [-0.3, -0.25) is 9.69 Å². The van der Waals surface area contributed by atoms with Gasteiger partial charge >= 0.3 is 0 Å². The van der Waals surface area contributed by atoms with E-state index < -0.39 is 0 Å². The monoisotopic (exact) mass is 429 g/mol. The van der Waals surface area contributed by atoms with Gasteiger partial charge in [-0.25, -0.2) is 4.98 Å². The van der Waals surface area contributed by atoms with Crippen molar-refractivity contribution in [1.29, 1.82) is 0 Å². The van der Waals surface area contributed by atoms with Crippen molar-refractivity contribution in [3.05, 3.63) is 46.4 Å². The van der Waals surface area contributed by atoms with Crippen LogP contribution in [0, 0.1) is 5.41 Å². The van der Waals surface area contributed by atoms with E-state index in [0.717, 1.165) is 57.5 Å². The molecule has 5 rings (SSSR count). The minimum absolute atomic E-state index is 0.0243. The van der Waals surface area contributed by atoms with Crippen LogP contribution in [0.4, 0.5) is 0 Å². The maximum Gasteiger partial charge on any atom is 0.273 e. The molecule has 0 radical (unpaired) electrons. The van der Waals surface area contributed by atoms with Crippen molar-refractivity contribution in [3.63, 3.8) is 0 Å². The van der Waals surface area contributed by atoms with Gasteiger partial charge in [0.25, 0.3) is 5.91 Å². The summed E-state index contributed by atoms with van der Waals surface area (Å²) in [6, 6.07) is 8.19. The molecule has 7 heteroatoms. The lowest BCUT2D eigenvalue weighted by Gasteiger charge is -2.41. The molecule has 1 saturated heterocycles. The molecule has 3 aliphatic rings. The lowest BCUT2D eigenvalue weighted by atomic mass is 9.75. The molecule has 0 aliphatic carbocycles. The number of rotatable bonds is 2. The molecule has 0 saturated carbocycles. The molecule has 4 heterocycles.